The van der Waals surface area contributed by atoms with Crippen molar-refractivity contribution in [1.29, 1.82) is 0 Å². The van der Waals surface area contributed by atoms with Crippen molar-refractivity contribution in [2.45, 2.75) is 18.7 Å². The van der Waals surface area contributed by atoms with Crippen molar-refractivity contribution in [3.05, 3.63) is 11.9 Å². The van der Waals surface area contributed by atoms with Gasteiger partial charge in [-0.1, -0.05) is 0 Å². The Morgan fingerprint density at radius 3 is 2.87 bits per heavy atom. The summed E-state index contributed by atoms with van der Waals surface area (Å²) in [6.07, 6.45) is -2.88. The van der Waals surface area contributed by atoms with Crippen LogP contribution in [0.5, 0.6) is 5.75 Å². The minimum absolute atomic E-state index is 0.205. The van der Waals surface area contributed by atoms with Gasteiger partial charge in [-0.15, -0.1) is 0 Å². The molecule has 0 aromatic carbocycles. The van der Waals surface area contributed by atoms with E-state index in [0.717, 1.165) is 12.7 Å². The zero-order valence-electron chi connectivity index (χ0n) is 7.77. The third-order valence-corrected chi connectivity index (χ3v) is 2.20. The van der Waals surface area contributed by atoms with Crippen LogP contribution in [-0.2, 0) is 6.18 Å². The van der Waals surface area contributed by atoms with Gasteiger partial charge in [-0.05, 0) is 13.0 Å². The molecule has 0 saturated carbocycles. The van der Waals surface area contributed by atoms with Crippen LogP contribution in [-0.4, -0.2) is 29.4 Å². The third-order valence-electron chi connectivity index (χ3n) is 2.20. The highest BCUT2D eigenvalue weighted by atomic mass is 19.4. The zero-order valence-corrected chi connectivity index (χ0v) is 7.77. The first-order valence-corrected chi connectivity index (χ1v) is 4.55. The van der Waals surface area contributed by atoms with Gasteiger partial charge in [0.25, 0.3) is 0 Å². The highest BCUT2D eigenvalue weighted by Crippen LogP contribution is 2.34. The minimum atomic E-state index is -4.45. The molecule has 0 aliphatic carbocycles. The molecule has 1 saturated heterocycles. The largest absolute Gasteiger partial charge is 0.485 e. The second kappa shape index (κ2) is 3.73. The Morgan fingerprint density at radius 2 is 2.27 bits per heavy atom. The molecule has 2 rings (SSSR count). The molecule has 0 amide bonds. The molecule has 0 spiro atoms. The Balaban J connectivity index is 2.11. The van der Waals surface area contributed by atoms with Crippen LogP contribution in [0.2, 0.25) is 0 Å². The number of ether oxygens (including phenoxy) is 1. The van der Waals surface area contributed by atoms with Crippen molar-refractivity contribution in [3.63, 3.8) is 0 Å². The molecule has 0 radical (unpaired) electrons. The number of alkyl halides is 3. The molecule has 0 bridgehead atoms. The smallest absolute Gasteiger partial charge is 0.436 e. The normalized spacial score (nSPS) is 21.9. The first-order valence-electron chi connectivity index (χ1n) is 4.55. The lowest BCUT2D eigenvalue weighted by molar-refractivity contribution is -0.142. The number of rotatable bonds is 2. The van der Waals surface area contributed by atoms with Gasteiger partial charge >= 0.3 is 6.18 Å². The van der Waals surface area contributed by atoms with Crippen molar-refractivity contribution in [2.24, 2.45) is 0 Å². The molecule has 4 nitrogen and oxygen atoms in total. The Labute approximate surface area is 83.8 Å². The van der Waals surface area contributed by atoms with E-state index in [2.05, 4.69) is 10.4 Å². The summed E-state index contributed by atoms with van der Waals surface area (Å²) in [6, 6.07) is 0. The van der Waals surface area contributed by atoms with Crippen LogP contribution in [0.4, 0.5) is 13.2 Å². The average Bonchev–Trinajstić information content (AvgIpc) is 2.73. The molecule has 1 aromatic heterocycles. The maximum absolute atomic E-state index is 12.4. The van der Waals surface area contributed by atoms with Gasteiger partial charge in [0.15, 0.2) is 11.4 Å². The number of aromatic amines is 1. The maximum atomic E-state index is 12.4. The number of aromatic nitrogens is 2. The van der Waals surface area contributed by atoms with Crippen molar-refractivity contribution in [2.75, 3.05) is 13.1 Å². The van der Waals surface area contributed by atoms with Crippen LogP contribution in [0.1, 0.15) is 12.1 Å². The van der Waals surface area contributed by atoms with Crippen LogP contribution in [0.3, 0.4) is 0 Å². The van der Waals surface area contributed by atoms with Gasteiger partial charge in [-0.25, -0.2) is 0 Å². The van der Waals surface area contributed by atoms with Gasteiger partial charge < -0.3 is 10.1 Å². The van der Waals surface area contributed by atoms with Crippen molar-refractivity contribution >= 4 is 0 Å². The van der Waals surface area contributed by atoms with Crippen LogP contribution in [0, 0.1) is 0 Å². The molecule has 1 fully saturated rings. The van der Waals surface area contributed by atoms with E-state index in [9.17, 15) is 13.2 Å². The molecular formula is C8H10F3N3O. The maximum Gasteiger partial charge on any atom is 0.436 e. The van der Waals surface area contributed by atoms with Gasteiger partial charge in [-0.3, -0.25) is 5.10 Å². The first kappa shape index (κ1) is 10.3. The van der Waals surface area contributed by atoms with E-state index < -0.39 is 11.9 Å². The fourth-order valence-electron chi connectivity index (χ4n) is 1.48. The number of nitrogens with zero attached hydrogens (tertiary/aromatic N) is 1. The van der Waals surface area contributed by atoms with Crippen molar-refractivity contribution < 1.29 is 17.9 Å². The van der Waals surface area contributed by atoms with E-state index in [0.29, 0.717) is 13.0 Å². The van der Waals surface area contributed by atoms with Gasteiger partial charge in [0.2, 0.25) is 0 Å². The number of H-pyrrole nitrogens is 1. The summed E-state index contributed by atoms with van der Waals surface area (Å²) >= 11 is 0. The number of hydrogen-bond acceptors (Lipinski definition) is 3. The summed E-state index contributed by atoms with van der Waals surface area (Å²) in [4.78, 5) is 0. The van der Waals surface area contributed by atoms with E-state index in [1.807, 2.05) is 5.10 Å². The number of nitrogens with one attached hydrogen (secondary N) is 2. The lowest BCUT2D eigenvalue weighted by atomic mass is 10.3. The van der Waals surface area contributed by atoms with E-state index in [1.165, 1.54) is 0 Å². The lowest BCUT2D eigenvalue weighted by Crippen LogP contribution is -2.21. The third kappa shape index (κ3) is 2.23. The Morgan fingerprint density at radius 1 is 1.47 bits per heavy atom. The topological polar surface area (TPSA) is 49.9 Å². The second-order valence-electron chi connectivity index (χ2n) is 3.34. The first-order chi connectivity index (χ1) is 7.07. The van der Waals surface area contributed by atoms with Gasteiger partial charge in [0.05, 0.1) is 6.20 Å². The summed E-state index contributed by atoms with van der Waals surface area (Å²) in [7, 11) is 0. The van der Waals surface area contributed by atoms with Crippen molar-refractivity contribution in [3.8, 4) is 5.75 Å². The molecule has 7 heteroatoms. The van der Waals surface area contributed by atoms with Crippen LogP contribution in [0.15, 0.2) is 6.20 Å². The number of hydrogen-bond donors (Lipinski definition) is 2. The summed E-state index contributed by atoms with van der Waals surface area (Å²) in [6.45, 7) is 1.34. The molecule has 2 N–H and O–H groups in total. The van der Waals surface area contributed by atoms with E-state index >= 15 is 0 Å². The standard InChI is InChI=1S/C8H10F3N3O/c9-8(10,11)7-6(4-13-14-7)15-5-1-2-12-3-5/h4-5,12H,1-3H2,(H,13,14). The average molecular weight is 221 g/mol. The lowest BCUT2D eigenvalue weighted by Gasteiger charge is -2.13. The van der Waals surface area contributed by atoms with Gasteiger partial charge in [0.1, 0.15) is 6.10 Å². The number of halogens is 3. The SMILES string of the molecule is FC(F)(F)c1[nH]ncc1OC1CCNC1. The summed E-state index contributed by atoms with van der Waals surface area (Å²) in [5, 5.41) is 8.25. The molecule has 84 valence electrons. The minimum Gasteiger partial charge on any atom is -0.485 e. The molecule has 1 atom stereocenters. The summed E-state index contributed by atoms with van der Waals surface area (Å²) < 4.78 is 42.4. The predicted octanol–water partition coefficient (Wildman–Crippen LogP) is 1.17. The second-order valence-corrected chi connectivity index (χ2v) is 3.34. The Bertz CT molecular complexity index is 330. The van der Waals surface area contributed by atoms with E-state index in [-0.39, 0.29) is 11.9 Å². The fraction of sp³-hybridized carbons (Fsp3) is 0.625. The van der Waals surface area contributed by atoms with Crippen molar-refractivity contribution in [1.82, 2.24) is 15.5 Å². The summed E-state index contributed by atoms with van der Waals surface area (Å²) in [5.41, 5.74) is -0.922. The summed E-state index contributed by atoms with van der Waals surface area (Å²) in [5.74, 6) is -0.226. The highest BCUT2D eigenvalue weighted by Gasteiger charge is 2.37. The molecule has 2 heterocycles. The Kier molecular flexibility index (Phi) is 2.56. The molecule has 1 aliphatic rings. The van der Waals surface area contributed by atoms with Gasteiger partial charge in [0, 0.05) is 6.54 Å². The van der Waals surface area contributed by atoms with E-state index in [1.54, 1.807) is 0 Å². The Hall–Kier alpha value is -1.24. The fourth-order valence-corrected chi connectivity index (χ4v) is 1.48. The van der Waals surface area contributed by atoms with Crippen LogP contribution < -0.4 is 10.1 Å². The molecule has 1 unspecified atom stereocenters. The monoisotopic (exact) mass is 221 g/mol. The molecule has 15 heavy (non-hydrogen) atoms. The molecule has 1 aromatic rings. The van der Waals surface area contributed by atoms with Crippen LogP contribution in [0.25, 0.3) is 0 Å². The zero-order chi connectivity index (χ0) is 10.9. The quantitative estimate of drug-likeness (QED) is 0.788. The van der Waals surface area contributed by atoms with E-state index in [4.69, 9.17) is 4.74 Å². The molecular weight excluding hydrogens is 211 g/mol. The van der Waals surface area contributed by atoms with Gasteiger partial charge in [-0.2, -0.15) is 18.3 Å². The highest BCUT2D eigenvalue weighted by molar-refractivity contribution is 5.26. The predicted molar refractivity (Wildman–Crippen MR) is 45.5 cm³/mol. The molecule has 1 aliphatic heterocycles. The van der Waals surface area contributed by atoms with Crippen LogP contribution >= 0.6 is 0 Å².